The Kier molecular flexibility index (Phi) is 3.51. The number of aryl methyl sites for hydroxylation is 2. The van der Waals surface area contributed by atoms with Gasteiger partial charge in [-0.15, -0.1) is 0 Å². The summed E-state index contributed by atoms with van der Waals surface area (Å²) in [4.78, 5) is 6.79. The average molecular weight is 258 g/mol. The van der Waals surface area contributed by atoms with Crippen molar-refractivity contribution in [3.8, 4) is 6.07 Å². The van der Waals surface area contributed by atoms with Gasteiger partial charge in [0.05, 0.1) is 5.56 Å². The molecule has 0 aliphatic carbocycles. The van der Waals surface area contributed by atoms with Crippen LogP contribution in [0.25, 0.3) is 0 Å². The van der Waals surface area contributed by atoms with Crippen molar-refractivity contribution in [1.82, 2.24) is 4.98 Å². The summed E-state index contributed by atoms with van der Waals surface area (Å²) in [5.74, 6) is 0.819. The molecule has 0 spiro atoms. The molecule has 0 amide bonds. The Morgan fingerprint density at radius 1 is 1.47 bits per heavy atom. The van der Waals surface area contributed by atoms with Gasteiger partial charge in [-0.2, -0.15) is 5.26 Å². The lowest BCUT2D eigenvalue weighted by Gasteiger charge is -2.43. The van der Waals surface area contributed by atoms with Crippen molar-refractivity contribution in [2.24, 2.45) is 11.1 Å². The molecule has 102 valence electrons. The number of pyridine rings is 1. The summed E-state index contributed by atoms with van der Waals surface area (Å²) < 4.78 is 0. The fourth-order valence-corrected chi connectivity index (χ4v) is 2.74. The number of hydrogen-bond donors (Lipinski definition) is 1. The van der Waals surface area contributed by atoms with E-state index in [1.54, 1.807) is 0 Å². The Morgan fingerprint density at radius 3 is 2.74 bits per heavy atom. The summed E-state index contributed by atoms with van der Waals surface area (Å²) in [6, 6.07) is 4.46. The van der Waals surface area contributed by atoms with E-state index in [-0.39, 0.29) is 11.5 Å². The highest BCUT2D eigenvalue weighted by atomic mass is 15.2. The number of nitrogens with zero attached hydrogens (tertiary/aromatic N) is 3. The van der Waals surface area contributed by atoms with Gasteiger partial charge in [0.1, 0.15) is 11.9 Å². The fourth-order valence-electron chi connectivity index (χ4n) is 2.74. The molecular weight excluding hydrogens is 236 g/mol. The van der Waals surface area contributed by atoms with E-state index >= 15 is 0 Å². The van der Waals surface area contributed by atoms with Crippen molar-refractivity contribution in [3.63, 3.8) is 0 Å². The van der Waals surface area contributed by atoms with E-state index < -0.39 is 0 Å². The van der Waals surface area contributed by atoms with Crippen molar-refractivity contribution < 1.29 is 0 Å². The van der Waals surface area contributed by atoms with Gasteiger partial charge in [-0.05, 0) is 37.3 Å². The van der Waals surface area contributed by atoms with E-state index in [0.717, 1.165) is 36.6 Å². The largest absolute Gasteiger partial charge is 0.355 e. The molecule has 2 rings (SSSR count). The van der Waals surface area contributed by atoms with E-state index in [1.165, 1.54) is 0 Å². The third-order valence-electron chi connectivity index (χ3n) is 4.05. The smallest absolute Gasteiger partial charge is 0.147 e. The molecule has 1 aliphatic rings. The van der Waals surface area contributed by atoms with Gasteiger partial charge < -0.3 is 10.6 Å². The third kappa shape index (κ3) is 2.57. The Labute approximate surface area is 115 Å². The predicted molar refractivity (Wildman–Crippen MR) is 77.0 cm³/mol. The lowest BCUT2D eigenvalue weighted by molar-refractivity contribution is 0.244. The van der Waals surface area contributed by atoms with Gasteiger partial charge in [0.15, 0.2) is 0 Å². The van der Waals surface area contributed by atoms with E-state index in [9.17, 15) is 5.26 Å². The number of anilines is 1. The molecule has 1 atom stereocenters. The molecule has 0 bridgehead atoms. The van der Waals surface area contributed by atoms with Crippen LogP contribution in [0.4, 0.5) is 5.82 Å². The molecule has 1 aromatic heterocycles. The highest BCUT2D eigenvalue weighted by molar-refractivity contribution is 5.58. The van der Waals surface area contributed by atoms with E-state index in [0.29, 0.717) is 5.56 Å². The Morgan fingerprint density at radius 2 is 2.16 bits per heavy atom. The van der Waals surface area contributed by atoms with Crippen LogP contribution in [-0.4, -0.2) is 24.1 Å². The standard InChI is InChI=1S/C15H22N4/c1-10-7-11(2)18-14(12(10)8-16)19-6-5-13(17)15(3,4)9-19/h7,13H,5-6,9,17H2,1-4H3. The minimum absolute atomic E-state index is 0.0459. The second-order valence-electron chi connectivity index (χ2n) is 6.20. The first-order valence-electron chi connectivity index (χ1n) is 6.74. The second-order valence-corrected chi connectivity index (χ2v) is 6.20. The van der Waals surface area contributed by atoms with Crippen LogP contribution in [0.3, 0.4) is 0 Å². The molecular formula is C15H22N4. The van der Waals surface area contributed by atoms with Gasteiger partial charge >= 0.3 is 0 Å². The SMILES string of the molecule is Cc1cc(C)c(C#N)c(N2CCC(N)C(C)(C)C2)n1. The quantitative estimate of drug-likeness (QED) is 0.838. The second kappa shape index (κ2) is 4.82. The van der Waals surface area contributed by atoms with Crippen LogP contribution >= 0.6 is 0 Å². The first kappa shape index (κ1) is 13.8. The predicted octanol–water partition coefficient (Wildman–Crippen LogP) is 2.13. The highest BCUT2D eigenvalue weighted by Gasteiger charge is 2.34. The minimum atomic E-state index is 0.0459. The van der Waals surface area contributed by atoms with Gasteiger partial charge in [-0.25, -0.2) is 4.98 Å². The van der Waals surface area contributed by atoms with Crippen LogP contribution in [0.1, 0.15) is 37.1 Å². The lowest BCUT2D eigenvalue weighted by Crippen LogP contribution is -2.53. The zero-order valence-corrected chi connectivity index (χ0v) is 12.2. The molecule has 2 heterocycles. The maximum Gasteiger partial charge on any atom is 0.147 e. The monoisotopic (exact) mass is 258 g/mol. The molecule has 4 heteroatoms. The van der Waals surface area contributed by atoms with Crippen molar-refractivity contribution in [1.29, 1.82) is 5.26 Å². The van der Waals surface area contributed by atoms with E-state index in [2.05, 4.69) is 29.8 Å². The van der Waals surface area contributed by atoms with Gasteiger partial charge in [0, 0.05) is 24.8 Å². The molecule has 1 fully saturated rings. The maximum absolute atomic E-state index is 9.36. The van der Waals surface area contributed by atoms with E-state index in [4.69, 9.17) is 5.73 Å². The van der Waals surface area contributed by atoms with Crippen molar-refractivity contribution >= 4 is 5.82 Å². The molecule has 0 saturated carbocycles. The lowest BCUT2D eigenvalue weighted by atomic mass is 9.79. The Balaban J connectivity index is 2.41. The normalized spacial score (nSPS) is 22.1. The van der Waals surface area contributed by atoms with Gasteiger partial charge in [0.25, 0.3) is 0 Å². The summed E-state index contributed by atoms with van der Waals surface area (Å²) in [7, 11) is 0. The van der Waals surface area contributed by atoms with Crippen molar-refractivity contribution in [2.45, 2.75) is 40.2 Å². The number of rotatable bonds is 1. The molecule has 1 aromatic rings. The third-order valence-corrected chi connectivity index (χ3v) is 4.05. The van der Waals surface area contributed by atoms with Gasteiger partial charge in [-0.3, -0.25) is 0 Å². The van der Waals surface area contributed by atoms with Gasteiger partial charge in [0.2, 0.25) is 0 Å². The van der Waals surface area contributed by atoms with Crippen molar-refractivity contribution in [3.05, 3.63) is 22.9 Å². The summed E-state index contributed by atoms with van der Waals surface area (Å²) in [5, 5.41) is 9.36. The number of nitriles is 1. The zero-order chi connectivity index (χ0) is 14.2. The summed E-state index contributed by atoms with van der Waals surface area (Å²) in [5.41, 5.74) is 8.86. The van der Waals surface area contributed by atoms with Crippen LogP contribution in [-0.2, 0) is 0 Å². The molecule has 1 unspecified atom stereocenters. The molecule has 1 aliphatic heterocycles. The first-order valence-corrected chi connectivity index (χ1v) is 6.74. The Bertz CT molecular complexity index is 528. The molecule has 2 N–H and O–H groups in total. The number of nitrogens with two attached hydrogens (primary N) is 1. The number of aromatic nitrogens is 1. The van der Waals surface area contributed by atoms with Crippen LogP contribution in [0, 0.1) is 30.6 Å². The maximum atomic E-state index is 9.36. The van der Waals surface area contributed by atoms with Crippen LogP contribution < -0.4 is 10.6 Å². The van der Waals surface area contributed by atoms with Gasteiger partial charge in [-0.1, -0.05) is 13.8 Å². The Hall–Kier alpha value is -1.60. The molecule has 19 heavy (non-hydrogen) atoms. The number of piperidine rings is 1. The molecule has 1 saturated heterocycles. The van der Waals surface area contributed by atoms with Crippen molar-refractivity contribution in [2.75, 3.05) is 18.0 Å². The van der Waals surface area contributed by atoms with Crippen LogP contribution in [0.2, 0.25) is 0 Å². The summed E-state index contributed by atoms with van der Waals surface area (Å²) in [6.45, 7) is 10.0. The highest BCUT2D eigenvalue weighted by Crippen LogP contribution is 2.32. The molecule has 0 radical (unpaired) electrons. The minimum Gasteiger partial charge on any atom is -0.355 e. The van der Waals surface area contributed by atoms with Crippen LogP contribution in [0.5, 0.6) is 0 Å². The first-order chi connectivity index (χ1) is 8.85. The van der Waals surface area contributed by atoms with Crippen LogP contribution in [0.15, 0.2) is 6.07 Å². The summed E-state index contributed by atoms with van der Waals surface area (Å²) >= 11 is 0. The topological polar surface area (TPSA) is 65.9 Å². The molecule has 0 aromatic carbocycles. The zero-order valence-electron chi connectivity index (χ0n) is 12.2. The molecule has 4 nitrogen and oxygen atoms in total. The average Bonchev–Trinajstić information content (AvgIpc) is 2.31. The van der Waals surface area contributed by atoms with E-state index in [1.807, 2.05) is 19.9 Å². The summed E-state index contributed by atoms with van der Waals surface area (Å²) in [6.07, 6.45) is 0.937. The number of hydrogen-bond acceptors (Lipinski definition) is 4. The fraction of sp³-hybridized carbons (Fsp3) is 0.600.